The van der Waals surface area contributed by atoms with E-state index in [1.54, 1.807) is 0 Å². The largest absolute Gasteiger partial charge is 0.456 e. The normalized spacial score (nSPS) is 11.9. The first-order valence-electron chi connectivity index (χ1n) is 19.1. The lowest BCUT2D eigenvalue weighted by molar-refractivity contribution is 0.668. The molecular formula is C51H29ClN4O2. The van der Waals surface area contributed by atoms with Crippen LogP contribution in [0.1, 0.15) is 0 Å². The predicted octanol–water partition coefficient (Wildman–Crippen LogP) is 14.3. The molecule has 6 nitrogen and oxygen atoms in total. The van der Waals surface area contributed by atoms with Crippen molar-refractivity contribution in [2.75, 3.05) is 0 Å². The van der Waals surface area contributed by atoms with Crippen molar-refractivity contribution < 1.29 is 8.83 Å². The fraction of sp³-hybridized carbons (Fsp3) is 0. The van der Waals surface area contributed by atoms with Crippen molar-refractivity contribution in [1.82, 2.24) is 19.9 Å². The Morgan fingerprint density at radius 1 is 0.362 bits per heavy atom. The molecule has 7 heteroatoms. The fourth-order valence-corrected chi connectivity index (χ4v) is 8.56. The second-order valence-electron chi connectivity index (χ2n) is 14.6. The van der Waals surface area contributed by atoms with Gasteiger partial charge in [0, 0.05) is 54.5 Å². The molecule has 4 aromatic heterocycles. The van der Waals surface area contributed by atoms with Crippen molar-refractivity contribution in [1.29, 1.82) is 0 Å². The maximum Gasteiger partial charge on any atom is 0.226 e. The van der Waals surface area contributed by atoms with Gasteiger partial charge in [0.1, 0.15) is 22.3 Å². The van der Waals surface area contributed by atoms with Crippen LogP contribution in [0.2, 0.25) is 5.28 Å². The molecule has 0 saturated carbocycles. The van der Waals surface area contributed by atoms with Crippen LogP contribution in [-0.2, 0) is 0 Å². The van der Waals surface area contributed by atoms with Crippen molar-refractivity contribution in [3.63, 3.8) is 0 Å². The smallest absolute Gasteiger partial charge is 0.226 e. The lowest BCUT2D eigenvalue weighted by Gasteiger charge is -2.08. The molecule has 0 amide bonds. The first kappa shape index (κ1) is 32.7. The molecule has 0 atom stereocenters. The lowest BCUT2D eigenvalue weighted by atomic mass is 9.97. The molecule has 8 aromatic carbocycles. The Bertz CT molecular complexity index is 3600. The minimum absolute atomic E-state index is 0.124. The number of rotatable bonds is 5. The third-order valence-corrected chi connectivity index (χ3v) is 11.4. The molecule has 12 aromatic rings. The van der Waals surface area contributed by atoms with Gasteiger partial charge in [-0.15, -0.1) is 0 Å². The third kappa shape index (κ3) is 5.30. The van der Waals surface area contributed by atoms with Gasteiger partial charge in [0.2, 0.25) is 5.28 Å². The van der Waals surface area contributed by atoms with E-state index in [9.17, 15) is 0 Å². The van der Waals surface area contributed by atoms with E-state index in [1.807, 2.05) is 54.6 Å². The number of benzene rings is 8. The van der Waals surface area contributed by atoms with Gasteiger partial charge in [0.25, 0.3) is 0 Å². The van der Waals surface area contributed by atoms with Crippen LogP contribution in [0.25, 0.3) is 122 Å². The zero-order valence-electron chi connectivity index (χ0n) is 30.7. The third-order valence-electron chi connectivity index (χ3n) is 11.2. The van der Waals surface area contributed by atoms with Crippen LogP contribution in [0.3, 0.4) is 0 Å². The van der Waals surface area contributed by atoms with Crippen LogP contribution in [0.4, 0.5) is 0 Å². The summed E-state index contributed by atoms with van der Waals surface area (Å²) in [5.74, 6) is 0.969. The Labute approximate surface area is 336 Å². The quantitative estimate of drug-likeness (QED) is 0.189. The summed E-state index contributed by atoms with van der Waals surface area (Å²) in [4.78, 5) is 17.5. The Balaban J connectivity index is 0.873. The summed E-state index contributed by atoms with van der Waals surface area (Å²) in [5.41, 5.74) is 13.9. The van der Waals surface area contributed by atoms with Crippen LogP contribution in [0.15, 0.2) is 179 Å². The Hall–Kier alpha value is -7.54. The van der Waals surface area contributed by atoms with E-state index in [-0.39, 0.29) is 5.28 Å². The van der Waals surface area contributed by atoms with Gasteiger partial charge in [-0.25, -0.2) is 4.98 Å². The molecule has 0 aliphatic rings. The summed E-state index contributed by atoms with van der Waals surface area (Å²) >= 11 is 6.53. The number of aromatic nitrogens is 4. The first-order valence-corrected chi connectivity index (χ1v) is 19.5. The maximum absolute atomic E-state index is 6.53. The minimum Gasteiger partial charge on any atom is -0.456 e. The number of halogens is 1. The molecule has 0 fully saturated rings. The molecule has 0 spiro atoms. The molecule has 0 bridgehead atoms. The molecule has 0 aliphatic carbocycles. The number of furan rings is 2. The molecule has 1 N–H and O–H groups in total. The average molecular weight is 765 g/mol. The van der Waals surface area contributed by atoms with Gasteiger partial charge in [-0.1, -0.05) is 115 Å². The minimum atomic E-state index is 0.124. The van der Waals surface area contributed by atoms with Crippen molar-refractivity contribution >= 4 is 77.3 Å². The summed E-state index contributed by atoms with van der Waals surface area (Å²) in [7, 11) is 0. The van der Waals surface area contributed by atoms with Gasteiger partial charge in [0.15, 0.2) is 11.6 Å². The lowest BCUT2D eigenvalue weighted by Crippen LogP contribution is -1.97. The standard InChI is InChI=1S/C51H29ClN4O2/c52-51-55-49(54-50(56-51)35-19-22-39-38-10-2-4-14-44(38)58-47(39)28-35)34-8-5-7-31(25-34)33-21-24-46-42(27-33)41-26-32(20-23-45(41)57-46)29-15-17-30(18-16-29)36-11-6-12-40-37-9-1-3-13-43(37)53-48(36)40/h1-28,53H. The Morgan fingerprint density at radius 3 is 1.72 bits per heavy atom. The molecule has 0 saturated heterocycles. The number of nitrogens with zero attached hydrogens (tertiary/aromatic N) is 3. The Morgan fingerprint density at radius 2 is 0.914 bits per heavy atom. The van der Waals surface area contributed by atoms with E-state index in [2.05, 4.69) is 130 Å². The zero-order chi connectivity index (χ0) is 38.3. The molecule has 12 rings (SSSR count). The van der Waals surface area contributed by atoms with Crippen LogP contribution in [0, 0.1) is 0 Å². The van der Waals surface area contributed by atoms with Gasteiger partial charge in [-0.05, 0) is 94.0 Å². The van der Waals surface area contributed by atoms with Crippen LogP contribution < -0.4 is 0 Å². The van der Waals surface area contributed by atoms with Crippen molar-refractivity contribution in [2.45, 2.75) is 0 Å². The van der Waals surface area contributed by atoms with Gasteiger partial charge in [-0.3, -0.25) is 0 Å². The van der Waals surface area contributed by atoms with E-state index in [0.717, 1.165) is 88.3 Å². The van der Waals surface area contributed by atoms with E-state index < -0.39 is 0 Å². The molecule has 0 radical (unpaired) electrons. The highest BCUT2D eigenvalue weighted by Gasteiger charge is 2.16. The predicted molar refractivity (Wildman–Crippen MR) is 236 cm³/mol. The van der Waals surface area contributed by atoms with Crippen LogP contribution >= 0.6 is 11.6 Å². The SMILES string of the molecule is Clc1nc(-c2cccc(-c3ccc4oc5ccc(-c6ccc(-c7cccc8c7[nH]c7ccccc78)cc6)cc5c4c3)c2)nc(-c2ccc3c(c2)oc2ccccc23)n1. The number of fused-ring (bicyclic) bond motifs is 9. The van der Waals surface area contributed by atoms with Gasteiger partial charge in [-0.2, -0.15) is 9.97 Å². The highest BCUT2D eigenvalue weighted by atomic mass is 35.5. The average Bonchev–Trinajstić information content (AvgIpc) is 3.97. The summed E-state index contributed by atoms with van der Waals surface area (Å²) in [5, 5.41) is 6.82. The number of hydrogen-bond donors (Lipinski definition) is 1. The van der Waals surface area contributed by atoms with Crippen molar-refractivity contribution in [3.05, 3.63) is 175 Å². The second kappa shape index (κ2) is 12.7. The highest BCUT2D eigenvalue weighted by Crippen LogP contribution is 2.38. The fourth-order valence-electron chi connectivity index (χ4n) is 8.40. The van der Waals surface area contributed by atoms with E-state index >= 15 is 0 Å². The van der Waals surface area contributed by atoms with Gasteiger partial charge in [0.05, 0.1) is 5.52 Å². The number of para-hydroxylation sites is 3. The number of aromatic amines is 1. The molecule has 0 aliphatic heterocycles. The monoisotopic (exact) mass is 764 g/mol. The number of hydrogen-bond acceptors (Lipinski definition) is 5. The Kier molecular flexibility index (Phi) is 7.18. The molecule has 58 heavy (non-hydrogen) atoms. The number of H-pyrrole nitrogens is 1. The summed E-state index contributed by atoms with van der Waals surface area (Å²) in [6, 6.07) is 58.7. The first-order chi connectivity index (χ1) is 28.6. The molecular weight excluding hydrogens is 736 g/mol. The molecule has 272 valence electrons. The van der Waals surface area contributed by atoms with Crippen molar-refractivity contribution in [2.24, 2.45) is 0 Å². The van der Waals surface area contributed by atoms with Gasteiger partial charge < -0.3 is 13.8 Å². The summed E-state index contributed by atoms with van der Waals surface area (Å²) in [6.07, 6.45) is 0. The highest BCUT2D eigenvalue weighted by molar-refractivity contribution is 6.28. The summed E-state index contributed by atoms with van der Waals surface area (Å²) in [6.45, 7) is 0. The van der Waals surface area contributed by atoms with E-state index in [1.165, 1.54) is 21.9 Å². The summed E-state index contributed by atoms with van der Waals surface area (Å²) < 4.78 is 12.5. The zero-order valence-corrected chi connectivity index (χ0v) is 31.5. The number of nitrogens with one attached hydrogen (secondary N) is 1. The molecule has 4 heterocycles. The van der Waals surface area contributed by atoms with E-state index in [0.29, 0.717) is 11.6 Å². The topological polar surface area (TPSA) is 80.7 Å². The van der Waals surface area contributed by atoms with E-state index in [4.69, 9.17) is 25.4 Å². The second-order valence-corrected chi connectivity index (χ2v) is 15.0. The van der Waals surface area contributed by atoms with Crippen LogP contribution in [-0.4, -0.2) is 19.9 Å². The molecule has 0 unspecified atom stereocenters. The van der Waals surface area contributed by atoms with Crippen molar-refractivity contribution in [3.8, 4) is 56.2 Å². The maximum atomic E-state index is 6.53. The van der Waals surface area contributed by atoms with Gasteiger partial charge >= 0.3 is 0 Å². The van der Waals surface area contributed by atoms with Crippen LogP contribution in [0.5, 0.6) is 0 Å².